The van der Waals surface area contributed by atoms with Gasteiger partial charge in [0.05, 0.1) is 0 Å². The topological polar surface area (TPSA) is 29.1 Å². The van der Waals surface area contributed by atoms with Crippen LogP contribution in [0.1, 0.15) is 41.6 Å². The molecule has 0 saturated heterocycles. The summed E-state index contributed by atoms with van der Waals surface area (Å²) in [5.74, 6) is 0.108. The van der Waals surface area contributed by atoms with Gasteiger partial charge in [-0.05, 0) is 49.4 Å². The second kappa shape index (κ2) is 6.51. The number of carbonyl (C=O) groups is 1. The molecular weight excluding hydrogens is 309 g/mol. The van der Waals surface area contributed by atoms with E-state index in [1.807, 2.05) is 0 Å². The second-order valence-corrected chi connectivity index (χ2v) is 6.41. The van der Waals surface area contributed by atoms with Gasteiger partial charge in [0.25, 0.3) is 5.91 Å². The highest BCUT2D eigenvalue weighted by atomic mass is 79.9. The van der Waals surface area contributed by atoms with Crippen molar-refractivity contribution in [3.63, 3.8) is 0 Å². The predicted octanol–water partition coefficient (Wildman–Crippen LogP) is 3.82. The minimum atomic E-state index is -0.274. The van der Waals surface area contributed by atoms with Crippen molar-refractivity contribution in [2.24, 2.45) is 5.92 Å². The average Bonchev–Trinajstić information content (AvgIpc) is 2.40. The summed E-state index contributed by atoms with van der Waals surface area (Å²) in [7, 11) is 0. The lowest BCUT2D eigenvalue weighted by Gasteiger charge is -2.27. The van der Waals surface area contributed by atoms with Gasteiger partial charge in [0, 0.05) is 16.9 Å². The largest absolute Gasteiger partial charge is 0.352 e. The molecule has 104 valence electrons. The van der Waals surface area contributed by atoms with Crippen molar-refractivity contribution in [3.05, 3.63) is 35.1 Å². The van der Waals surface area contributed by atoms with Crippen LogP contribution >= 0.6 is 15.9 Å². The Labute approximate surface area is 121 Å². The lowest BCUT2D eigenvalue weighted by molar-refractivity contribution is 0.0944. The maximum absolute atomic E-state index is 13.2. The van der Waals surface area contributed by atoms with Crippen molar-refractivity contribution < 1.29 is 9.18 Å². The summed E-state index contributed by atoms with van der Waals surface area (Å²) in [6.07, 6.45) is 4.82. The quantitative estimate of drug-likeness (QED) is 0.840. The van der Waals surface area contributed by atoms with Crippen LogP contribution in [-0.2, 0) is 0 Å². The summed E-state index contributed by atoms with van der Waals surface area (Å²) in [5.41, 5.74) is 1.03. The van der Waals surface area contributed by atoms with Gasteiger partial charge in [0.15, 0.2) is 0 Å². The van der Waals surface area contributed by atoms with E-state index in [2.05, 4.69) is 21.2 Å². The van der Waals surface area contributed by atoms with Crippen molar-refractivity contribution in [1.82, 2.24) is 5.32 Å². The third-order valence-corrected chi connectivity index (χ3v) is 4.97. The van der Waals surface area contributed by atoms with Gasteiger partial charge in [-0.2, -0.15) is 0 Å². The van der Waals surface area contributed by atoms with Crippen molar-refractivity contribution in [3.8, 4) is 0 Å². The summed E-state index contributed by atoms with van der Waals surface area (Å²) in [6, 6.07) is 4.47. The van der Waals surface area contributed by atoms with Crippen molar-refractivity contribution in [2.45, 2.75) is 37.4 Å². The third kappa shape index (κ3) is 3.78. The second-order valence-electron chi connectivity index (χ2n) is 5.23. The molecule has 1 aliphatic rings. The molecule has 1 amide bonds. The number of benzene rings is 1. The summed E-state index contributed by atoms with van der Waals surface area (Å²) in [5, 5.41) is 2.95. The van der Waals surface area contributed by atoms with Crippen LogP contribution in [0.4, 0.5) is 4.39 Å². The first-order chi connectivity index (χ1) is 9.08. The Morgan fingerprint density at radius 3 is 2.84 bits per heavy atom. The Balaban J connectivity index is 1.91. The molecule has 2 atom stereocenters. The molecule has 1 fully saturated rings. The van der Waals surface area contributed by atoms with Gasteiger partial charge >= 0.3 is 0 Å². The number of halogens is 2. The molecule has 0 bridgehead atoms. The smallest absolute Gasteiger partial charge is 0.251 e. The third-order valence-electron chi connectivity index (χ3n) is 3.76. The molecular formula is C15H19BrFNO. The van der Waals surface area contributed by atoms with Crippen LogP contribution in [0.5, 0.6) is 0 Å². The Bertz CT molecular complexity index is 463. The molecule has 1 saturated carbocycles. The number of hydrogen-bond acceptors (Lipinski definition) is 1. The van der Waals surface area contributed by atoms with Gasteiger partial charge in [-0.3, -0.25) is 4.79 Å². The molecule has 1 N–H and O–H groups in total. The number of rotatable bonds is 3. The van der Waals surface area contributed by atoms with Gasteiger partial charge in [-0.25, -0.2) is 4.39 Å². The highest BCUT2D eigenvalue weighted by molar-refractivity contribution is 9.09. The number of amides is 1. The molecule has 1 aromatic rings. The maximum atomic E-state index is 13.2. The molecule has 0 heterocycles. The number of hydrogen-bond donors (Lipinski definition) is 1. The van der Waals surface area contributed by atoms with Crippen LogP contribution in [0, 0.1) is 18.7 Å². The number of carbonyl (C=O) groups excluding carboxylic acids is 1. The number of alkyl halides is 1. The van der Waals surface area contributed by atoms with Crippen molar-refractivity contribution in [2.75, 3.05) is 6.54 Å². The van der Waals surface area contributed by atoms with E-state index in [1.165, 1.54) is 31.4 Å². The summed E-state index contributed by atoms with van der Waals surface area (Å²) in [4.78, 5) is 12.5. The zero-order valence-electron chi connectivity index (χ0n) is 11.1. The zero-order valence-corrected chi connectivity index (χ0v) is 12.7. The van der Waals surface area contributed by atoms with E-state index in [-0.39, 0.29) is 11.7 Å². The molecule has 2 nitrogen and oxygen atoms in total. The molecule has 4 heteroatoms. The molecule has 2 rings (SSSR count). The maximum Gasteiger partial charge on any atom is 0.251 e. The van der Waals surface area contributed by atoms with Gasteiger partial charge in [0.1, 0.15) is 5.82 Å². The van der Waals surface area contributed by atoms with E-state index >= 15 is 0 Å². The first-order valence-electron chi connectivity index (χ1n) is 6.76. The van der Waals surface area contributed by atoms with Gasteiger partial charge in [-0.1, -0.05) is 28.8 Å². The lowest BCUT2D eigenvalue weighted by Crippen LogP contribution is -2.34. The van der Waals surface area contributed by atoms with E-state index in [4.69, 9.17) is 0 Å². The Morgan fingerprint density at radius 1 is 1.42 bits per heavy atom. The molecule has 0 aromatic heterocycles. The summed E-state index contributed by atoms with van der Waals surface area (Å²) >= 11 is 3.68. The van der Waals surface area contributed by atoms with Crippen LogP contribution in [-0.4, -0.2) is 17.3 Å². The van der Waals surface area contributed by atoms with Crippen molar-refractivity contribution >= 4 is 21.8 Å². The first-order valence-corrected chi connectivity index (χ1v) is 7.68. The summed E-state index contributed by atoms with van der Waals surface area (Å²) < 4.78 is 13.2. The minimum absolute atomic E-state index is 0.117. The first kappa shape index (κ1) is 14.5. The standard InChI is InChI=1S/C15H19BrFNO/c1-10-8-11(6-7-14(10)17)15(19)18-9-12-4-2-3-5-13(12)16/h6-8,12-13H,2-5,9H2,1H3,(H,18,19). The van der Waals surface area contributed by atoms with Gasteiger partial charge < -0.3 is 5.32 Å². The fourth-order valence-corrected chi connectivity index (χ4v) is 3.28. The van der Waals surface area contributed by atoms with Crippen LogP contribution in [0.25, 0.3) is 0 Å². The predicted molar refractivity (Wildman–Crippen MR) is 78.1 cm³/mol. The molecule has 1 aromatic carbocycles. The highest BCUT2D eigenvalue weighted by Crippen LogP contribution is 2.29. The average molecular weight is 328 g/mol. The molecule has 0 aliphatic heterocycles. The van der Waals surface area contributed by atoms with E-state index in [0.29, 0.717) is 28.4 Å². The molecule has 2 unspecified atom stereocenters. The number of aryl methyl sites for hydroxylation is 1. The Hall–Kier alpha value is -0.900. The highest BCUT2D eigenvalue weighted by Gasteiger charge is 2.23. The van der Waals surface area contributed by atoms with Crippen LogP contribution in [0.15, 0.2) is 18.2 Å². The van der Waals surface area contributed by atoms with Crippen molar-refractivity contribution in [1.29, 1.82) is 0 Å². The van der Waals surface area contributed by atoms with E-state index in [9.17, 15) is 9.18 Å². The van der Waals surface area contributed by atoms with E-state index in [0.717, 1.165) is 6.42 Å². The number of nitrogens with one attached hydrogen (secondary N) is 1. The van der Waals surface area contributed by atoms with Gasteiger partial charge in [0.2, 0.25) is 0 Å². The molecule has 19 heavy (non-hydrogen) atoms. The molecule has 0 radical (unpaired) electrons. The Kier molecular flexibility index (Phi) is 4.97. The minimum Gasteiger partial charge on any atom is -0.352 e. The zero-order chi connectivity index (χ0) is 13.8. The monoisotopic (exact) mass is 327 g/mol. The van der Waals surface area contributed by atoms with E-state index in [1.54, 1.807) is 13.0 Å². The van der Waals surface area contributed by atoms with E-state index < -0.39 is 0 Å². The van der Waals surface area contributed by atoms with Gasteiger partial charge in [-0.15, -0.1) is 0 Å². The fourth-order valence-electron chi connectivity index (χ4n) is 2.50. The summed E-state index contributed by atoms with van der Waals surface area (Å²) in [6.45, 7) is 2.35. The SMILES string of the molecule is Cc1cc(C(=O)NCC2CCCCC2Br)ccc1F. The molecule has 1 aliphatic carbocycles. The van der Waals surface area contributed by atoms with Crippen LogP contribution in [0.3, 0.4) is 0 Å². The Morgan fingerprint density at radius 2 is 2.16 bits per heavy atom. The van der Waals surface area contributed by atoms with Crippen LogP contribution in [0.2, 0.25) is 0 Å². The molecule has 0 spiro atoms. The van der Waals surface area contributed by atoms with Crippen LogP contribution < -0.4 is 5.32 Å². The lowest BCUT2D eigenvalue weighted by atomic mass is 9.89. The normalized spacial score (nSPS) is 23.1. The fraction of sp³-hybridized carbons (Fsp3) is 0.533.